The largest absolute Gasteiger partial charge is 0.260 e. The zero-order valence-corrected chi connectivity index (χ0v) is 7.25. The second-order valence-corrected chi connectivity index (χ2v) is 2.36. The van der Waals surface area contributed by atoms with Crippen molar-refractivity contribution < 1.29 is 0 Å². The average Bonchev–Trinajstić information content (AvgIpc) is 2.26. The van der Waals surface area contributed by atoms with E-state index >= 15 is 0 Å². The van der Waals surface area contributed by atoms with Crippen molar-refractivity contribution >= 4 is 5.69 Å². The van der Waals surface area contributed by atoms with Crippen LogP contribution in [-0.4, -0.2) is 6.04 Å². The van der Waals surface area contributed by atoms with Gasteiger partial charge in [0.25, 0.3) is 0 Å². The summed E-state index contributed by atoms with van der Waals surface area (Å²) in [5.74, 6) is 0. The first-order valence-electron chi connectivity index (χ1n) is 3.87. The van der Waals surface area contributed by atoms with Crippen molar-refractivity contribution in [2.24, 2.45) is 10.3 Å². The van der Waals surface area contributed by atoms with Crippen LogP contribution in [0.4, 0.5) is 5.69 Å². The molecule has 0 saturated carbocycles. The molecule has 0 spiro atoms. The third kappa shape index (κ3) is 2.92. The summed E-state index contributed by atoms with van der Waals surface area (Å²) in [4.78, 5) is 0. The predicted molar refractivity (Wildman–Crippen MR) is 49.1 cm³/mol. The number of nitrogens with one attached hydrogen (secondary N) is 1. The van der Waals surface area contributed by atoms with E-state index in [4.69, 9.17) is 10.5 Å². The van der Waals surface area contributed by atoms with E-state index in [1.807, 2.05) is 18.2 Å². The Bertz CT molecular complexity index is 370. The van der Waals surface area contributed by atoms with Crippen molar-refractivity contribution in [1.29, 1.82) is 10.5 Å². The normalized spacial score (nSPS) is 9.64. The van der Waals surface area contributed by atoms with Gasteiger partial charge in [-0.2, -0.15) is 10.5 Å². The fraction of sp³-hybridized carbons (Fsp3) is 0.111. The van der Waals surface area contributed by atoms with Gasteiger partial charge in [0.2, 0.25) is 6.04 Å². The van der Waals surface area contributed by atoms with Crippen LogP contribution in [0.3, 0.4) is 0 Å². The summed E-state index contributed by atoms with van der Waals surface area (Å²) in [7, 11) is 0. The second-order valence-electron chi connectivity index (χ2n) is 2.36. The summed E-state index contributed by atoms with van der Waals surface area (Å²) in [5.41, 5.74) is 2.97. The quantitative estimate of drug-likeness (QED) is 0.574. The molecule has 1 aromatic rings. The van der Waals surface area contributed by atoms with Crippen LogP contribution in [0.5, 0.6) is 0 Å². The number of hydrogen-bond acceptors (Lipinski definition) is 4. The molecule has 0 amide bonds. The summed E-state index contributed by atoms with van der Waals surface area (Å²) < 4.78 is 0. The molecule has 0 atom stereocenters. The van der Waals surface area contributed by atoms with Crippen LogP contribution in [0.2, 0.25) is 0 Å². The van der Waals surface area contributed by atoms with Crippen molar-refractivity contribution in [2.75, 3.05) is 0 Å². The van der Waals surface area contributed by atoms with E-state index in [0.29, 0.717) is 5.69 Å². The van der Waals surface area contributed by atoms with E-state index in [9.17, 15) is 0 Å². The molecule has 0 aliphatic carbocycles. The molecule has 1 aromatic carbocycles. The van der Waals surface area contributed by atoms with Gasteiger partial charge in [0, 0.05) is 0 Å². The molecule has 0 aliphatic heterocycles. The molecular weight excluding hydrogens is 178 g/mol. The summed E-state index contributed by atoms with van der Waals surface area (Å²) in [6.45, 7) is 0. The van der Waals surface area contributed by atoms with Gasteiger partial charge in [-0.05, 0) is 12.1 Å². The van der Waals surface area contributed by atoms with Gasteiger partial charge in [0.05, 0.1) is 5.69 Å². The van der Waals surface area contributed by atoms with Crippen LogP contribution in [0.1, 0.15) is 0 Å². The Hall–Kier alpha value is -2.40. The lowest BCUT2D eigenvalue weighted by Crippen LogP contribution is -2.19. The topological polar surface area (TPSA) is 84.3 Å². The van der Waals surface area contributed by atoms with E-state index in [1.54, 1.807) is 24.3 Å². The Morgan fingerprint density at radius 3 is 2.36 bits per heavy atom. The minimum atomic E-state index is -0.956. The Kier molecular flexibility index (Phi) is 3.65. The molecule has 14 heavy (non-hydrogen) atoms. The molecule has 5 nitrogen and oxygen atoms in total. The zero-order valence-electron chi connectivity index (χ0n) is 7.25. The van der Waals surface area contributed by atoms with Gasteiger partial charge in [-0.1, -0.05) is 23.4 Å². The average molecular weight is 185 g/mol. The van der Waals surface area contributed by atoms with Gasteiger partial charge in [0.1, 0.15) is 12.1 Å². The molecule has 0 heterocycles. The highest BCUT2D eigenvalue weighted by Gasteiger charge is 1.99. The number of nitrogens with zero attached hydrogens (tertiary/aromatic N) is 4. The highest BCUT2D eigenvalue weighted by Crippen LogP contribution is 2.09. The maximum Gasteiger partial charge on any atom is 0.218 e. The van der Waals surface area contributed by atoms with Crippen LogP contribution < -0.4 is 5.43 Å². The zero-order chi connectivity index (χ0) is 10.2. The number of rotatable bonds is 3. The Balaban J connectivity index is 2.51. The van der Waals surface area contributed by atoms with Gasteiger partial charge < -0.3 is 0 Å². The fourth-order valence-corrected chi connectivity index (χ4v) is 0.726. The Morgan fingerprint density at radius 2 is 1.79 bits per heavy atom. The molecule has 0 fully saturated rings. The third-order valence-corrected chi connectivity index (χ3v) is 1.37. The molecule has 1 N–H and O–H groups in total. The Morgan fingerprint density at radius 1 is 1.14 bits per heavy atom. The highest BCUT2D eigenvalue weighted by molar-refractivity contribution is 5.34. The lowest BCUT2D eigenvalue weighted by Gasteiger charge is -1.95. The van der Waals surface area contributed by atoms with Gasteiger partial charge in [-0.3, -0.25) is 5.43 Å². The molecule has 0 unspecified atom stereocenters. The lowest BCUT2D eigenvalue weighted by molar-refractivity contribution is 0.696. The smallest absolute Gasteiger partial charge is 0.218 e. The number of benzene rings is 1. The summed E-state index contributed by atoms with van der Waals surface area (Å²) in [6.07, 6.45) is 0. The predicted octanol–water partition coefficient (Wildman–Crippen LogP) is 1.69. The molecule has 1 rings (SSSR count). The van der Waals surface area contributed by atoms with E-state index in [0.717, 1.165) is 0 Å². The Labute approximate surface area is 81.3 Å². The molecule has 68 valence electrons. The first kappa shape index (κ1) is 9.69. The SMILES string of the molecule is N#CC(C#N)NN=Nc1ccccc1. The van der Waals surface area contributed by atoms with E-state index in [-0.39, 0.29) is 0 Å². The third-order valence-electron chi connectivity index (χ3n) is 1.37. The molecule has 0 radical (unpaired) electrons. The van der Waals surface area contributed by atoms with Crippen LogP contribution in [0, 0.1) is 22.7 Å². The molecular formula is C9H7N5. The fourth-order valence-electron chi connectivity index (χ4n) is 0.726. The van der Waals surface area contributed by atoms with Crippen molar-refractivity contribution in [1.82, 2.24) is 5.43 Å². The van der Waals surface area contributed by atoms with Crippen LogP contribution in [0.25, 0.3) is 0 Å². The van der Waals surface area contributed by atoms with Crippen molar-refractivity contribution in [3.63, 3.8) is 0 Å². The maximum absolute atomic E-state index is 8.39. The minimum absolute atomic E-state index is 0.662. The summed E-state index contributed by atoms with van der Waals surface area (Å²) in [5, 5.41) is 24.0. The van der Waals surface area contributed by atoms with Crippen LogP contribution in [0.15, 0.2) is 40.7 Å². The molecule has 0 bridgehead atoms. The van der Waals surface area contributed by atoms with Crippen LogP contribution in [-0.2, 0) is 0 Å². The highest BCUT2D eigenvalue weighted by atomic mass is 15.4. The van der Waals surface area contributed by atoms with Crippen molar-refractivity contribution in [3.8, 4) is 12.1 Å². The first-order valence-corrected chi connectivity index (χ1v) is 3.87. The number of hydrogen-bond donors (Lipinski definition) is 1. The lowest BCUT2D eigenvalue weighted by atomic mass is 10.3. The maximum atomic E-state index is 8.39. The first-order chi connectivity index (χ1) is 6.86. The monoisotopic (exact) mass is 185 g/mol. The molecule has 5 heteroatoms. The van der Waals surface area contributed by atoms with Gasteiger partial charge in [0.15, 0.2) is 0 Å². The van der Waals surface area contributed by atoms with E-state index in [2.05, 4.69) is 15.8 Å². The molecule has 0 aromatic heterocycles. The van der Waals surface area contributed by atoms with Crippen molar-refractivity contribution in [3.05, 3.63) is 30.3 Å². The van der Waals surface area contributed by atoms with Crippen molar-refractivity contribution in [2.45, 2.75) is 6.04 Å². The van der Waals surface area contributed by atoms with Crippen LogP contribution >= 0.6 is 0 Å². The van der Waals surface area contributed by atoms with E-state index in [1.165, 1.54) is 0 Å². The van der Waals surface area contributed by atoms with Gasteiger partial charge >= 0.3 is 0 Å². The second kappa shape index (κ2) is 5.28. The summed E-state index contributed by atoms with van der Waals surface area (Å²) in [6, 6.07) is 11.5. The summed E-state index contributed by atoms with van der Waals surface area (Å²) >= 11 is 0. The van der Waals surface area contributed by atoms with Gasteiger partial charge in [-0.25, -0.2) is 0 Å². The minimum Gasteiger partial charge on any atom is -0.260 e. The number of nitriles is 2. The van der Waals surface area contributed by atoms with E-state index < -0.39 is 6.04 Å². The van der Waals surface area contributed by atoms with Gasteiger partial charge in [-0.15, -0.1) is 5.11 Å². The standard InChI is InChI=1S/C9H7N5/c10-6-9(7-11)13-14-12-8-4-2-1-3-5-8/h1-5,9H,(H,12,13). The molecule has 0 aliphatic rings. The molecule has 0 saturated heterocycles.